The van der Waals surface area contributed by atoms with Crippen molar-refractivity contribution in [3.05, 3.63) is 11.6 Å². The van der Waals surface area contributed by atoms with Gasteiger partial charge >= 0.3 is 0 Å². The van der Waals surface area contributed by atoms with Crippen molar-refractivity contribution in [2.45, 2.75) is 12.8 Å². The molecule has 0 aromatic heterocycles. The van der Waals surface area contributed by atoms with Gasteiger partial charge in [0.2, 0.25) is 5.91 Å². The summed E-state index contributed by atoms with van der Waals surface area (Å²) in [5.74, 6) is 0.0799. The lowest BCUT2D eigenvalue weighted by atomic mass is 9.99. The van der Waals surface area contributed by atoms with E-state index in [0.717, 1.165) is 18.4 Å². The predicted octanol–water partition coefficient (Wildman–Crippen LogP) is 0.453. The van der Waals surface area contributed by atoms with E-state index in [1.807, 2.05) is 6.08 Å². The Hall–Kier alpha value is -0.790. The molecule has 0 aromatic carbocycles. The Morgan fingerprint density at radius 2 is 2.50 bits per heavy atom. The minimum Gasteiger partial charge on any atom is -0.355 e. The predicted molar refractivity (Wildman–Crippen MR) is 31.4 cm³/mol. The van der Waals surface area contributed by atoms with Crippen molar-refractivity contribution in [1.82, 2.24) is 5.32 Å². The van der Waals surface area contributed by atoms with E-state index >= 15 is 0 Å². The maximum Gasteiger partial charge on any atom is 0.246 e. The molecule has 0 unspecified atom stereocenters. The molecule has 0 radical (unpaired) electrons. The van der Waals surface area contributed by atoms with Crippen LogP contribution in [0.3, 0.4) is 0 Å². The van der Waals surface area contributed by atoms with E-state index < -0.39 is 0 Å². The summed E-state index contributed by atoms with van der Waals surface area (Å²) in [6.07, 6.45) is 3.99. The molecular weight excluding hydrogens is 102 g/mol. The van der Waals surface area contributed by atoms with Crippen molar-refractivity contribution in [2.75, 3.05) is 7.05 Å². The summed E-state index contributed by atoms with van der Waals surface area (Å²) < 4.78 is 0. The molecule has 0 atom stereocenters. The molecule has 8 heavy (non-hydrogen) atoms. The summed E-state index contributed by atoms with van der Waals surface area (Å²) in [5.41, 5.74) is 0.938. The van der Waals surface area contributed by atoms with Gasteiger partial charge in [-0.25, -0.2) is 0 Å². The van der Waals surface area contributed by atoms with Gasteiger partial charge < -0.3 is 5.32 Å². The lowest BCUT2D eigenvalue weighted by Crippen LogP contribution is -2.22. The molecule has 0 heterocycles. The van der Waals surface area contributed by atoms with E-state index in [0.29, 0.717) is 0 Å². The van der Waals surface area contributed by atoms with Gasteiger partial charge in [0.15, 0.2) is 0 Å². The third-order valence-electron chi connectivity index (χ3n) is 1.32. The first-order valence-electron chi connectivity index (χ1n) is 2.75. The fourth-order valence-corrected chi connectivity index (χ4v) is 0.655. The number of carbonyl (C=O) groups is 1. The van der Waals surface area contributed by atoms with E-state index in [2.05, 4.69) is 5.32 Å². The lowest BCUT2D eigenvalue weighted by molar-refractivity contribution is -0.117. The van der Waals surface area contributed by atoms with Crippen LogP contribution in [0.25, 0.3) is 0 Å². The summed E-state index contributed by atoms with van der Waals surface area (Å²) in [4.78, 5) is 10.6. The summed E-state index contributed by atoms with van der Waals surface area (Å²) in [7, 11) is 1.65. The number of allylic oxidation sites excluding steroid dienone is 1. The molecule has 0 saturated carbocycles. The maximum absolute atomic E-state index is 10.6. The van der Waals surface area contributed by atoms with Crippen LogP contribution in [-0.2, 0) is 4.79 Å². The van der Waals surface area contributed by atoms with Crippen molar-refractivity contribution in [2.24, 2.45) is 0 Å². The van der Waals surface area contributed by atoms with Crippen LogP contribution in [0.4, 0.5) is 0 Å². The molecule has 0 aromatic rings. The highest BCUT2D eigenvalue weighted by Crippen LogP contribution is 2.16. The zero-order valence-electron chi connectivity index (χ0n) is 4.90. The first-order valence-corrected chi connectivity index (χ1v) is 2.75. The summed E-state index contributed by atoms with van der Waals surface area (Å²) in [6.45, 7) is 0. The third kappa shape index (κ3) is 0.735. The molecule has 1 rings (SSSR count). The molecule has 0 aliphatic heterocycles. The second-order valence-corrected chi connectivity index (χ2v) is 1.85. The molecule has 0 saturated heterocycles. The molecule has 44 valence electrons. The number of likely N-dealkylation sites (N-methyl/N-ethyl adjacent to an activating group) is 1. The van der Waals surface area contributed by atoms with Gasteiger partial charge in [0.1, 0.15) is 0 Å². The normalized spacial score (nSPS) is 16.4. The van der Waals surface area contributed by atoms with E-state index in [1.54, 1.807) is 7.05 Å². The summed E-state index contributed by atoms with van der Waals surface area (Å²) in [6, 6.07) is 0. The average Bonchev–Trinajstić information content (AvgIpc) is 1.62. The van der Waals surface area contributed by atoms with Crippen molar-refractivity contribution in [1.29, 1.82) is 0 Å². The zero-order valence-corrected chi connectivity index (χ0v) is 4.90. The number of hydrogen-bond acceptors (Lipinski definition) is 1. The lowest BCUT2D eigenvalue weighted by Gasteiger charge is -2.10. The van der Waals surface area contributed by atoms with E-state index in [9.17, 15) is 4.79 Å². The molecule has 2 heteroatoms. The van der Waals surface area contributed by atoms with Gasteiger partial charge in [-0.2, -0.15) is 0 Å². The Bertz CT molecular complexity index is 137. The number of rotatable bonds is 1. The van der Waals surface area contributed by atoms with Crippen LogP contribution < -0.4 is 5.32 Å². The molecule has 2 nitrogen and oxygen atoms in total. The highest BCUT2D eigenvalue weighted by atomic mass is 16.1. The zero-order chi connectivity index (χ0) is 5.98. The molecule has 0 bridgehead atoms. The van der Waals surface area contributed by atoms with Crippen LogP contribution in [0, 0.1) is 0 Å². The number of nitrogens with one attached hydrogen (secondary N) is 1. The van der Waals surface area contributed by atoms with Gasteiger partial charge in [-0.1, -0.05) is 6.08 Å². The van der Waals surface area contributed by atoms with Crippen molar-refractivity contribution in [3.63, 3.8) is 0 Å². The highest BCUT2D eigenvalue weighted by Gasteiger charge is 2.11. The molecular formula is C6H9NO. The quantitative estimate of drug-likeness (QED) is 0.523. The van der Waals surface area contributed by atoms with Gasteiger partial charge in [-0.15, -0.1) is 0 Å². The standard InChI is InChI=1S/C6H9NO/c1-7-6(8)5-3-2-4-5/h3H,2,4H2,1H3,(H,7,8). The maximum atomic E-state index is 10.6. The Morgan fingerprint density at radius 3 is 2.62 bits per heavy atom. The van der Waals surface area contributed by atoms with Gasteiger partial charge in [0, 0.05) is 12.6 Å². The Morgan fingerprint density at radius 1 is 1.88 bits per heavy atom. The monoisotopic (exact) mass is 111 g/mol. The smallest absolute Gasteiger partial charge is 0.246 e. The van der Waals surface area contributed by atoms with Gasteiger partial charge in [-0.05, 0) is 12.8 Å². The minimum absolute atomic E-state index is 0.0799. The van der Waals surface area contributed by atoms with E-state index in [1.165, 1.54) is 0 Å². The Kier molecular flexibility index (Phi) is 1.33. The molecule has 1 N–H and O–H groups in total. The Labute approximate surface area is 48.6 Å². The number of hydrogen-bond donors (Lipinski definition) is 1. The minimum atomic E-state index is 0.0799. The van der Waals surface area contributed by atoms with Gasteiger partial charge in [0.05, 0.1) is 0 Å². The van der Waals surface area contributed by atoms with Crippen LogP contribution in [0.1, 0.15) is 12.8 Å². The summed E-state index contributed by atoms with van der Waals surface area (Å²) >= 11 is 0. The molecule has 1 aliphatic rings. The molecule has 0 spiro atoms. The van der Waals surface area contributed by atoms with Crippen LogP contribution in [-0.4, -0.2) is 13.0 Å². The second kappa shape index (κ2) is 1.99. The first kappa shape index (κ1) is 5.35. The van der Waals surface area contributed by atoms with Crippen molar-refractivity contribution < 1.29 is 4.79 Å². The fourth-order valence-electron chi connectivity index (χ4n) is 0.655. The second-order valence-electron chi connectivity index (χ2n) is 1.85. The largest absolute Gasteiger partial charge is 0.355 e. The topological polar surface area (TPSA) is 29.1 Å². The van der Waals surface area contributed by atoms with E-state index in [-0.39, 0.29) is 5.91 Å². The fraction of sp³-hybridized carbons (Fsp3) is 0.500. The van der Waals surface area contributed by atoms with Gasteiger partial charge in [0.25, 0.3) is 0 Å². The highest BCUT2D eigenvalue weighted by molar-refractivity contribution is 5.94. The van der Waals surface area contributed by atoms with E-state index in [4.69, 9.17) is 0 Å². The van der Waals surface area contributed by atoms with Gasteiger partial charge in [-0.3, -0.25) is 4.79 Å². The van der Waals surface area contributed by atoms with Crippen LogP contribution >= 0.6 is 0 Å². The van der Waals surface area contributed by atoms with Crippen LogP contribution in [0.15, 0.2) is 11.6 Å². The van der Waals surface area contributed by atoms with Crippen molar-refractivity contribution in [3.8, 4) is 0 Å². The molecule has 1 amide bonds. The first-order chi connectivity index (χ1) is 3.84. The summed E-state index contributed by atoms with van der Waals surface area (Å²) in [5, 5.41) is 2.56. The molecule has 0 fully saturated rings. The average molecular weight is 111 g/mol. The third-order valence-corrected chi connectivity index (χ3v) is 1.32. The number of amides is 1. The van der Waals surface area contributed by atoms with Crippen LogP contribution in [0.2, 0.25) is 0 Å². The molecule has 1 aliphatic carbocycles. The van der Waals surface area contributed by atoms with Crippen LogP contribution in [0.5, 0.6) is 0 Å². The SMILES string of the molecule is CNC(=O)C1=CCC1. The Balaban J connectivity index is 2.47. The van der Waals surface area contributed by atoms with Crippen molar-refractivity contribution >= 4 is 5.91 Å². The number of carbonyl (C=O) groups excluding carboxylic acids is 1.